The molecule has 0 bridgehead atoms. The van der Waals surface area contributed by atoms with Crippen molar-refractivity contribution in [1.29, 1.82) is 0 Å². The van der Waals surface area contributed by atoms with Gasteiger partial charge in [0.2, 0.25) is 11.8 Å². The first-order chi connectivity index (χ1) is 15.9. The molecule has 6 nitrogen and oxygen atoms in total. The fourth-order valence-corrected chi connectivity index (χ4v) is 3.92. The van der Waals surface area contributed by atoms with Gasteiger partial charge in [-0.15, -0.1) is 0 Å². The van der Waals surface area contributed by atoms with Gasteiger partial charge in [0, 0.05) is 45.1 Å². The summed E-state index contributed by atoms with van der Waals surface area (Å²) in [5.74, 6) is -0.890. The molecule has 1 saturated heterocycles. The Hall–Kier alpha value is -2.77. The van der Waals surface area contributed by atoms with Crippen LogP contribution in [0.15, 0.2) is 54.6 Å². The fraction of sp³-hybridized carbons (Fsp3) is 0.462. The topological polar surface area (TPSA) is 61.9 Å². The van der Waals surface area contributed by atoms with Crippen molar-refractivity contribution in [2.75, 3.05) is 39.4 Å². The van der Waals surface area contributed by atoms with E-state index in [1.165, 1.54) is 12.1 Å². The van der Waals surface area contributed by atoms with E-state index in [1.807, 2.05) is 44.2 Å². The van der Waals surface area contributed by atoms with Crippen LogP contribution >= 0.6 is 0 Å². The van der Waals surface area contributed by atoms with Gasteiger partial charge in [-0.1, -0.05) is 56.3 Å². The second kappa shape index (κ2) is 12.5. The first kappa shape index (κ1) is 24.9. The third-order valence-electron chi connectivity index (χ3n) is 5.82. The van der Waals surface area contributed by atoms with Gasteiger partial charge >= 0.3 is 0 Å². The molecular formula is C26H34FN3O3. The maximum absolute atomic E-state index is 13.4. The van der Waals surface area contributed by atoms with Gasteiger partial charge in [0.05, 0.1) is 13.2 Å². The van der Waals surface area contributed by atoms with E-state index < -0.39 is 6.04 Å². The number of halogens is 1. The molecule has 2 aromatic carbocycles. The minimum atomic E-state index is -0.669. The molecule has 1 heterocycles. The average Bonchev–Trinajstić information content (AvgIpc) is 2.83. The summed E-state index contributed by atoms with van der Waals surface area (Å²) in [7, 11) is 0. The smallest absolute Gasteiger partial charge is 0.243 e. The Morgan fingerprint density at radius 2 is 1.70 bits per heavy atom. The van der Waals surface area contributed by atoms with Crippen molar-refractivity contribution in [2.24, 2.45) is 5.92 Å². The van der Waals surface area contributed by atoms with E-state index in [0.29, 0.717) is 26.2 Å². The number of benzene rings is 2. The molecule has 0 spiro atoms. The summed E-state index contributed by atoms with van der Waals surface area (Å²) < 4.78 is 18.8. The number of carbonyl (C=O) groups is 2. The minimum Gasteiger partial charge on any atom is -0.379 e. The van der Waals surface area contributed by atoms with Crippen molar-refractivity contribution in [1.82, 2.24) is 15.1 Å². The van der Waals surface area contributed by atoms with E-state index in [0.717, 1.165) is 30.8 Å². The molecule has 0 saturated carbocycles. The number of nitrogens with one attached hydrogen (secondary N) is 1. The molecule has 7 heteroatoms. The van der Waals surface area contributed by atoms with E-state index in [2.05, 4.69) is 10.2 Å². The van der Waals surface area contributed by atoms with E-state index in [-0.39, 0.29) is 30.1 Å². The second-order valence-corrected chi connectivity index (χ2v) is 8.70. The lowest BCUT2D eigenvalue weighted by Crippen LogP contribution is -2.52. The SMILES string of the molecule is CC(C)C(=O)N(Cc1ccc(F)cc1)[C@H](Cc1ccccc1)C(=O)NCCN1CCOCC1. The van der Waals surface area contributed by atoms with Crippen LogP contribution in [0.1, 0.15) is 25.0 Å². The van der Waals surface area contributed by atoms with Crippen molar-refractivity contribution in [2.45, 2.75) is 32.9 Å². The molecule has 33 heavy (non-hydrogen) atoms. The van der Waals surface area contributed by atoms with Gasteiger partial charge in [0.15, 0.2) is 0 Å². The minimum absolute atomic E-state index is 0.108. The molecule has 1 aliphatic rings. The number of hydrogen-bond acceptors (Lipinski definition) is 4. The molecule has 0 aromatic heterocycles. The quantitative estimate of drug-likeness (QED) is 0.599. The van der Waals surface area contributed by atoms with Crippen molar-refractivity contribution >= 4 is 11.8 Å². The first-order valence-electron chi connectivity index (χ1n) is 11.6. The highest BCUT2D eigenvalue weighted by molar-refractivity contribution is 5.88. The van der Waals surface area contributed by atoms with E-state index in [1.54, 1.807) is 17.0 Å². The van der Waals surface area contributed by atoms with E-state index in [9.17, 15) is 14.0 Å². The van der Waals surface area contributed by atoms with Crippen molar-refractivity contribution in [3.05, 3.63) is 71.5 Å². The van der Waals surface area contributed by atoms with Crippen LogP contribution in [0.3, 0.4) is 0 Å². The summed E-state index contributed by atoms with van der Waals surface area (Å²) in [6, 6.07) is 15.1. The number of ether oxygens (including phenoxy) is 1. The molecule has 2 amide bonds. The average molecular weight is 456 g/mol. The summed E-state index contributed by atoms with van der Waals surface area (Å²) in [6.45, 7) is 8.26. The van der Waals surface area contributed by atoms with Crippen LogP contribution in [0.2, 0.25) is 0 Å². The summed E-state index contributed by atoms with van der Waals surface area (Å²) >= 11 is 0. The van der Waals surface area contributed by atoms with Gasteiger partial charge in [-0.2, -0.15) is 0 Å². The molecule has 1 N–H and O–H groups in total. The lowest BCUT2D eigenvalue weighted by molar-refractivity contribution is -0.143. The number of hydrogen-bond donors (Lipinski definition) is 1. The van der Waals surface area contributed by atoms with Crippen LogP contribution in [0, 0.1) is 11.7 Å². The molecule has 0 radical (unpaired) electrons. The lowest BCUT2D eigenvalue weighted by Gasteiger charge is -2.33. The molecule has 3 rings (SSSR count). The van der Waals surface area contributed by atoms with Gasteiger partial charge in [-0.25, -0.2) is 4.39 Å². The van der Waals surface area contributed by atoms with Gasteiger partial charge in [-0.05, 0) is 23.3 Å². The molecule has 1 fully saturated rings. The standard InChI is InChI=1S/C26H34FN3O3/c1-20(2)26(32)30(19-22-8-10-23(27)11-9-22)24(18-21-6-4-3-5-7-21)25(31)28-12-13-29-14-16-33-17-15-29/h3-11,20,24H,12-19H2,1-2H3,(H,28,31)/t24-/m1/s1. The fourth-order valence-electron chi connectivity index (χ4n) is 3.92. The van der Waals surface area contributed by atoms with Gasteiger partial charge in [-0.3, -0.25) is 14.5 Å². The van der Waals surface area contributed by atoms with Gasteiger partial charge in [0.1, 0.15) is 11.9 Å². The van der Waals surface area contributed by atoms with Crippen molar-refractivity contribution < 1.29 is 18.7 Å². The Morgan fingerprint density at radius 1 is 1.03 bits per heavy atom. The normalized spacial score (nSPS) is 15.3. The Kier molecular flexibility index (Phi) is 9.39. The molecular weight excluding hydrogens is 421 g/mol. The number of rotatable bonds is 10. The second-order valence-electron chi connectivity index (χ2n) is 8.70. The Labute approximate surface area is 195 Å². The third kappa shape index (κ3) is 7.65. The third-order valence-corrected chi connectivity index (χ3v) is 5.82. The van der Waals surface area contributed by atoms with Crippen LogP contribution in [0.25, 0.3) is 0 Å². The van der Waals surface area contributed by atoms with Crippen molar-refractivity contribution in [3.8, 4) is 0 Å². The van der Waals surface area contributed by atoms with Crippen LogP contribution in [0.5, 0.6) is 0 Å². The maximum atomic E-state index is 13.4. The summed E-state index contributed by atoms with van der Waals surface area (Å²) in [4.78, 5) is 30.5. The predicted molar refractivity (Wildman–Crippen MR) is 126 cm³/mol. The zero-order valence-electron chi connectivity index (χ0n) is 19.5. The predicted octanol–water partition coefficient (Wildman–Crippen LogP) is 2.87. The number of nitrogens with zero attached hydrogens (tertiary/aromatic N) is 2. The largest absolute Gasteiger partial charge is 0.379 e. The molecule has 0 unspecified atom stereocenters. The summed E-state index contributed by atoms with van der Waals surface area (Å²) in [6.07, 6.45) is 0.407. The number of morpholine rings is 1. The molecule has 178 valence electrons. The molecule has 1 atom stereocenters. The summed E-state index contributed by atoms with van der Waals surface area (Å²) in [5.41, 5.74) is 1.76. The van der Waals surface area contributed by atoms with E-state index in [4.69, 9.17) is 4.74 Å². The molecule has 0 aliphatic carbocycles. The monoisotopic (exact) mass is 455 g/mol. The summed E-state index contributed by atoms with van der Waals surface area (Å²) in [5, 5.41) is 3.04. The Morgan fingerprint density at radius 3 is 2.33 bits per heavy atom. The van der Waals surface area contributed by atoms with Crippen LogP contribution in [-0.2, 0) is 27.3 Å². The highest BCUT2D eigenvalue weighted by Gasteiger charge is 2.31. The van der Waals surface area contributed by atoms with E-state index >= 15 is 0 Å². The lowest BCUT2D eigenvalue weighted by atomic mass is 10.0. The van der Waals surface area contributed by atoms with Crippen LogP contribution in [-0.4, -0.2) is 67.0 Å². The maximum Gasteiger partial charge on any atom is 0.243 e. The Bertz CT molecular complexity index is 883. The molecule has 2 aromatic rings. The van der Waals surface area contributed by atoms with Crippen LogP contribution in [0.4, 0.5) is 4.39 Å². The zero-order valence-corrected chi connectivity index (χ0v) is 19.5. The first-order valence-corrected chi connectivity index (χ1v) is 11.6. The van der Waals surface area contributed by atoms with Crippen LogP contribution < -0.4 is 5.32 Å². The van der Waals surface area contributed by atoms with Gasteiger partial charge in [0.25, 0.3) is 0 Å². The highest BCUT2D eigenvalue weighted by Crippen LogP contribution is 2.17. The number of amides is 2. The number of carbonyl (C=O) groups excluding carboxylic acids is 2. The molecule has 1 aliphatic heterocycles. The van der Waals surface area contributed by atoms with Crippen molar-refractivity contribution in [3.63, 3.8) is 0 Å². The highest BCUT2D eigenvalue weighted by atomic mass is 19.1. The Balaban J connectivity index is 1.78. The van der Waals surface area contributed by atoms with Gasteiger partial charge < -0.3 is 15.0 Å². The zero-order chi connectivity index (χ0) is 23.6.